The van der Waals surface area contributed by atoms with Gasteiger partial charge in [0.25, 0.3) is 0 Å². The Hall–Kier alpha value is 0.130. The normalized spacial score (nSPS) is 11.8. The smallest absolute Gasteiger partial charge is 0.160 e. The van der Waals surface area contributed by atoms with Crippen LogP contribution in [0, 0.1) is 0 Å². The molecular formula is C10H9BrClF3S. The molecule has 0 bridgehead atoms. The molecule has 0 saturated carbocycles. The Balaban J connectivity index is 2.74. The highest BCUT2D eigenvalue weighted by Crippen LogP contribution is 2.38. The van der Waals surface area contributed by atoms with Gasteiger partial charge >= 0.3 is 5.51 Å². The fourth-order valence-corrected chi connectivity index (χ4v) is 2.39. The summed E-state index contributed by atoms with van der Waals surface area (Å²) in [4.78, 5) is 0.125. The van der Waals surface area contributed by atoms with E-state index < -0.39 is 5.51 Å². The van der Waals surface area contributed by atoms with E-state index in [-0.39, 0.29) is 16.7 Å². The number of alkyl halides is 4. The molecule has 90 valence electrons. The lowest BCUT2D eigenvalue weighted by atomic mass is 10.1. The predicted octanol–water partition coefficient (Wildman–Crippen LogP) is 5.28. The van der Waals surface area contributed by atoms with Crippen molar-refractivity contribution in [2.24, 2.45) is 0 Å². The van der Waals surface area contributed by atoms with E-state index in [0.29, 0.717) is 5.02 Å². The maximum Gasteiger partial charge on any atom is 0.446 e. The lowest BCUT2D eigenvalue weighted by Gasteiger charge is -2.08. The lowest BCUT2D eigenvalue weighted by Crippen LogP contribution is -1.99. The first-order chi connectivity index (χ1) is 7.42. The van der Waals surface area contributed by atoms with Crippen LogP contribution in [0.1, 0.15) is 12.0 Å². The molecule has 0 unspecified atom stereocenters. The van der Waals surface area contributed by atoms with Crippen LogP contribution in [-0.4, -0.2) is 10.8 Å². The van der Waals surface area contributed by atoms with E-state index in [9.17, 15) is 13.2 Å². The average molecular weight is 334 g/mol. The number of benzene rings is 1. The Kier molecular flexibility index (Phi) is 5.47. The molecule has 0 saturated heterocycles. The summed E-state index contributed by atoms with van der Waals surface area (Å²) in [5.41, 5.74) is -3.38. The first-order valence-electron chi connectivity index (χ1n) is 4.52. The summed E-state index contributed by atoms with van der Waals surface area (Å²) >= 11 is 9.04. The van der Waals surface area contributed by atoms with Gasteiger partial charge in [-0.05, 0) is 42.3 Å². The summed E-state index contributed by atoms with van der Waals surface area (Å²) < 4.78 is 36.3. The summed E-state index contributed by atoms with van der Waals surface area (Å²) in [6.07, 6.45) is 1.67. The summed E-state index contributed by atoms with van der Waals surface area (Å²) in [6, 6.07) is 4.47. The number of rotatable bonds is 4. The summed E-state index contributed by atoms with van der Waals surface area (Å²) in [7, 11) is 0. The molecule has 0 aliphatic rings. The van der Waals surface area contributed by atoms with Gasteiger partial charge in [0.05, 0.1) is 0 Å². The van der Waals surface area contributed by atoms with Gasteiger partial charge in [0.2, 0.25) is 0 Å². The lowest BCUT2D eigenvalue weighted by molar-refractivity contribution is -0.0328. The third kappa shape index (κ3) is 4.97. The predicted molar refractivity (Wildman–Crippen MR) is 65.5 cm³/mol. The first-order valence-corrected chi connectivity index (χ1v) is 6.84. The van der Waals surface area contributed by atoms with Gasteiger partial charge in [-0.15, -0.1) is 0 Å². The molecule has 0 atom stereocenters. The molecule has 0 aliphatic heterocycles. The molecule has 1 rings (SSSR count). The van der Waals surface area contributed by atoms with E-state index in [1.54, 1.807) is 6.07 Å². The van der Waals surface area contributed by atoms with Gasteiger partial charge in [-0.1, -0.05) is 33.6 Å². The number of hydrogen-bond acceptors (Lipinski definition) is 1. The Morgan fingerprint density at radius 3 is 2.50 bits per heavy atom. The SMILES string of the molecule is FC(F)(F)Sc1ccc(CCCBr)c(Cl)c1. The van der Waals surface area contributed by atoms with E-state index >= 15 is 0 Å². The van der Waals surface area contributed by atoms with Gasteiger partial charge in [0.15, 0.2) is 0 Å². The molecular weight excluding hydrogens is 325 g/mol. The van der Waals surface area contributed by atoms with Gasteiger partial charge in [-0.25, -0.2) is 0 Å². The van der Waals surface area contributed by atoms with Crippen molar-refractivity contribution in [1.82, 2.24) is 0 Å². The molecule has 0 nitrogen and oxygen atoms in total. The average Bonchev–Trinajstić information content (AvgIpc) is 2.14. The Labute approximate surface area is 110 Å². The van der Waals surface area contributed by atoms with E-state index in [4.69, 9.17) is 11.6 Å². The van der Waals surface area contributed by atoms with Crippen LogP contribution in [0.3, 0.4) is 0 Å². The molecule has 16 heavy (non-hydrogen) atoms. The third-order valence-electron chi connectivity index (χ3n) is 1.84. The summed E-state index contributed by atoms with van der Waals surface area (Å²) in [5.74, 6) is 0. The van der Waals surface area contributed by atoms with Crippen LogP contribution in [0.2, 0.25) is 5.02 Å². The van der Waals surface area contributed by atoms with Gasteiger partial charge in [-0.3, -0.25) is 0 Å². The van der Waals surface area contributed by atoms with Gasteiger partial charge < -0.3 is 0 Å². The molecule has 0 heterocycles. The van der Waals surface area contributed by atoms with Crippen molar-refractivity contribution in [2.75, 3.05) is 5.33 Å². The number of thioether (sulfide) groups is 1. The van der Waals surface area contributed by atoms with Gasteiger partial charge in [0.1, 0.15) is 0 Å². The zero-order valence-electron chi connectivity index (χ0n) is 8.15. The topological polar surface area (TPSA) is 0 Å². The van der Waals surface area contributed by atoms with E-state index in [1.807, 2.05) is 0 Å². The second-order valence-corrected chi connectivity index (χ2v) is 5.43. The minimum atomic E-state index is -4.26. The zero-order chi connectivity index (χ0) is 12.2. The molecule has 0 aliphatic carbocycles. The van der Waals surface area contributed by atoms with Crippen molar-refractivity contribution in [1.29, 1.82) is 0 Å². The van der Waals surface area contributed by atoms with E-state index in [0.717, 1.165) is 23.7 Å². The molecule has 1 aromatic carbocycles. The minimum Gasteiger partial charge on any atom is -0.160 e. The maximum atomic E-state index is 12.1. The molecule has 0 radical (unpaired) electrons. The standard InChI is InChI=1S/C10H9BrClF3S/c11-5-1-2-7-3-4-8(6-9(7)12)16-10(13,14)15/h3-4,6H,1-2,5H2. The number of halogens is 5. The van der Waals surface area contributed by atoms with Gasteiger partial charge in [0, 0.05) is 15.2 Å². The monoisotopic (exact) mass is 332 g/mol. The Bertz CT molecular complexity index is 354. The molecule has 0 aromatic heterocycles. The second-order valence-electron chi connectivity index (χ2n) is 3.09. The maximum absolute atomic E-state index is 12.1. The minimum absolute atomic E-state index is 0.125. The van der Waals surface area contributed by atoms with Crippen molar-refractivity contribution >= 4 is 39.3 Å². The van der Waals surface area contributed by atoms with Crippen LogP contribution in [0.15, 0.2) is 23.1 Å². The van der Waals surface area contributed by atoms with Crippen LogP contribution in [-0.2, 0) is 6.42 Å². The van der Waals surface area contributed by atoms with Crippen LogP contribution in [0.5, 0.6) is 0 Å². The molecule has 1 aromatic rings. The summed E-state index contributed by atoms with van der Waals surface area (Å²) in [6.45, 7) is 0. The Morgan fingerprint density at radius 1 is 1.31 bits per heavy atom. The van der Waals surface area contributed by atoms with Crippen molar-refractivity contribution in [3.05, 3.63) is 28.8 Å². The number of hydrogen-bond donors (Lipinski definition) is 0. The van der Waals surface area contributed by atoms with Crippen molar-refractivity contribution in [3.63, 3.8) is 0 Å². The Morgan fingerprint density at radius 2 is 2.00 bits per heavy atom. The highest BCUT2D eigenvalue weighted by atomic mass is 79.9. The second kappa shape index (κ2) is 6.17. The molecule has 6 heteroatoms. The van der Waals surface area contributed by atoms with Crippen molar-refractivity contribution in [3.8, 4) is 0 Å². The fourth-order valence-electron chi connectivity index (χ4n) is 1.19. The van der Waals surface area contributed by atoms with Crippen LogP contribution < -0.4 is 0 Å². The number of aryl methyl sites for hydroxylation is 1. The van der Waals surface area contributed by atoms with E-state index in [1.165, 1.54) is 12.1 Å². The molecule has 0 fully saturated rings. The van der Waals surface area contributed by atoms with E-state index in [2.05, 4.69) is 15.9 Å². The van der Waals surface area contributed by atoms with Crippen LogP contribution in [0.25, 0.3) is 0 Å². The zero-order valence-corrected chi connectivity index (χ0v) is 11.3. The largest absolute Gasteiger partial charge is 0.446 e. The van der Waals surface area contributed by atoms with Gasteiger partial charge in [-0.2, -0.15) is 13.2 Å². The third-order valence-corrected chi connectivity index (χ3v) is 3.47. The van der Waals surface area contributed by atoms with Crippen molar-refractivity contribution < 1.29 is 13.2 Å². The van der Waals surface area contributed by atoms with Crippen LogP contribution >= 0.6 is 39.3 Å². The molecule has 0 N–H and O–H groups in total. The first kappa shape index (κ1) is 14.2. The summed E-state index contributed by atoms with van der Waals surface area (Å²) in [5, 5.41) is 1.25. The highest BCUT2D eigenvalue weighted by molar-refractivity contribution is 9.09. The fraction of sp³-hybridized carbons (Fsp3) is 0.400. The molecule has 0 amide bonds. The highest BCUT2D eigenvalue weighted by Gasteiger charge is 2.29. The van der Waals surface area contributed by atoms with Crippen molar-refractivity contribution in [2.45, 2.75) is 23.2 Å². The van der Waals surface area contributed by atoms with Crippen LogP contribution in [0.4, 0.5) is 13.2 Å². The quantitative estimate of drug-likeness (QED) is 0.533. The molecule has 0 spiro atoms.